The maximum absolute atomic E-state index is 12.3. The van der Waals surface area contributed by atoms with E-state index < -0.39 is 0 Å². The van der Waals surface area contributed by atoms with Crippen molar-refractivity contribution in [3.05, 3.63) is 20.8 Å². The Kier molecular flexibility index (Phi) is 5.69. The van der Waals surface area contributed by atoms with Crippen molar-refractivity contribution in [3.63, 3.8) is 0 Å². The van der Waals surface area contributed by atoms with Crippen molar-refractivity contribution in [2.45, 2.75) is 32.7 Å². The molecule has 22 heavy (non-hydrogen) atoms. The molecule has 0 aliphatic carbocycles. The van der Waals surface area contributed by atoms with Crippen molar-refractivity contribution in [1.29, 1.82) is 0 Å². The Morgan fingerprint density at radius 1 is 1.55 bits per heavy atom. The molecule has 0 bridgehead atoms. The summed E-state index contributed by atoms with van der Waals surface area (Å²) in [7, 11) is 1.39. The third kappa shape index (κ3) is 3.73. The van der Waals surface area contributed by atoms with E-state index in [9.17, 15) is 9.59 Å². The van der Waals surface area contributed by atoms with Gasteiger partial charge in [-0.1, -0.05) is 11.6 Å². The number of hydrogen-bond acceptors (Lipinski definition) is 4. The average Bonchev–Trinajstić information content (AvgIpc) is 2.86. The Bertz CT molecular complexity index is 561. The van der Waals surface area contributed by atoms with E-state index in [2.05, 4.69) is 5.32 Å². The number of piperidine rings is 1. The number of thiophene rings is 1. The van der Waals surface area contributed by atoms with Crippen LogP contribution < -0.4 is 5.32 Å². The molecule has 1 aromatic rings. The molecule has 122 valence electrons. The first kappa shape index (κ1) is 17.1. The fourth-order valence-corrected chi connectivity index (χ4v) is 3.87. The Morgan fingerprint density at radius 2 is 2.27 bits per heavy atom. The van der Waals surface area contributed by atoms with Crippen LogP contribution in [0.15, 0.2) is 5.38 Å². The lowest BCUT2D eigenvalue weighted by molar-refractivity contribution is 0.0854. The number of carbonyl (C=O) groups excluding carboxylic acids is 2. The van der Waals surface area contributed by atoms with Gasteiger partial charge in [0.15, 0.2) is 0 Å². The first-order valence-corrected chi connectivity index (χ1v) is 8.57. The first-order valence-electron chi connectivity index (χ1n) is 7.31. The van der Waals surface area contributed by atoms with Crippen LogP contribution in [-0.2, 0) is 4.74 Å². The molecule has 2 atom stereocenters. The maximum atomic E-state index is 12.3. The average molecular weight is 345 g/mol. The zero-order valence-electron chi connectivity index (χ0n) is 13.0. The molecule has 2 rings (SSSR count). The summed E-state index contributed by atoms with van der Waals surface area (Å²) in [5.74, 6) is 0.0717. The maximum Gasteiger partial charge on any atom is 0.409 e. The number of likely N-dealkylation sites (tertiary alicyclic amines) is 1. The molecule has 0 unspecified atom stereocenters. The smallest absolute Gasteiger partial charge is 0.409 e. The zero-order valence-corrected chi connectivity index (χ0v) is 14.6. The molecule has 1 saturated heterocycles. The minimum atomic E-state index is -0.305. The van der Waals surface area contributed by atoms with Crippen LogP contribution in [0.1, 0.15) is 35.0 Å². The second-order valence-corrected chi connectivity index (χ2v) is 6.90. The standard InChI is InChI=1S/C15H21ClN2O3S/c1-9-8-22-13(12(9)16)14(19)17-10(2)11-5-4-6-18(7-11)15(20)21-3/h8,10-11H,4-7H2,1-3H3,(H,17,19)/t10-,11-/m0/s1. The number of rotatable bonds is 3. The van der Waals surface area contributed by atoms with Gasteiger partial charge < -0.3 is 15.0 Å². The van der Waals surface area contributed by atoms with Gasteiger partial charge in [0.1, 0.15) is 4.88 Å². The van der Waals surface area contributed by atoms with Gasteiger partial charge in [-0.05, 0) is 43.6 Å². The molecule has 0 radical (unpaired) electrons. The Balaban J connectivity index is 1.96. The topological polar surface area (TPSA) is 58.6 Å². The molecule has 0 spiro atoms. The molecular formula is C15H21ClN2O3S. The number of ether oxygens (including phenoxy) is 1. The van der Waals surface area contributed by atoms with E-state index in [0.717, 1.165) is 18.4 Å². The molecule has 1 aliphatic heterocycles. The van der Waals surface area contributed by atoms with Crippen LogP contribution in [0, 0.1) is 12.8 Å². The molecule has 1 aromatic heterocycles. The highest BCUT2D eigenvalue weighted by Gasteiger charge is 2.29. The minimum Gasteiger partial charge on any atom is -0.453 e. The molecule has 0 aromatic carbocycles. The van der Waals surface area contributed by atoms with Crippen molar-refractivity contribution in [2.24, 2.45) is 5.92 Å². The van der Waals surface area contributed by atoms with Crippen LogP contribution in [0.25, 0.3) is 0 Å². The third-order valence-electron chi connectivity index (χ3n) is 4.06. The Morgan fingerprint density at radius 3 is 2.86 bits per heavy atom. The van der Waals surface area contributed by atoms with Crippen molar-refractivity contribution in [3.8, 4) is 0 Å². The molecular weight excluding hydrogens is 324 g/mol. The summed E-state index contributed by atoms with van der Waals surface area (Å²) in [4.78, 5) is 26.2. The van der Waals surface area contributed by atoms with Crippen molar-refractivity contribution < 1.29 is 14.3 Å². The summed E-state index contributed by atoms with van der Waals surface area (Å²) < 4.78 is 4.77. The van der Waals surface area contributed by atoms with E-state index >= 15 is 0 Å². The summed E-state index contributed by atoms with van der Waals surface area (Å²) in [6.07, 6.45) is 1.59. The van der Waals surface area contributed by atoms with Crippen molar-refractivity contribution in [2.75, 3.05) is 20.2 Å². The van der Waals surface area contributed by atoms with Crippen LogP contribution in [0.4, 0.5) is 4.79 Å². The van der Waals surface area contributed by atoms with Crippen molar-refractivity contribution in [1.82, 2.24) is 10.2 Å². The lowest BCUT2D eigenvalue weighted by Gasteiger charge is -2.35. The number of nitrogens with zero attached hydrogens (tertiary/aromatic N) is 1. The van der Waals surface area contributed by atoms with E-state index in [4.69, 9.17) is 16.3 Å². The normalized spacial score (nSPS) is 19.6. The van der Waals surface area contributed by atoms with Crippen LogP contribution in [0.3, 0.4) is 0 Å². The van der Waals surface area contributed by atoms with Crippen LogP contribution in [-0.4, -0.2) is 43.1 Å². The lowest BCUT2D eigenvalue weighted by Crippen LogP contribution is -2.47. The van der Waals surface area contributed by atoms with E-state index in [-0.39, 0.29) is 24.0 Å². The Labute approximate surface area is 139 Å². The van der Waals surface area contributed by atoms with E-state index in [0.29, 0.717) is 23.0 Å². The largest absolute Gasteiger partial charge is 0.453 e. The molecule has 0 saturated carbocycles. The predicted octanol–water partition coefficient (Wildman–Crippen LogP) is 3.31. The van der Waals surface area contributed by atoms with E-state index in [1.165, 1.54) is 18.4 Å². The number of halogens is 1. The van der Waals surface area contributed by atoms with Gasteiger partial charge in [0.25, 0.3) is 5.91 Å². The highest BCUT2D eigenvalue weighted by Crippen LogP contribution is 2.27. The molecule has 1 N–H and O–H groups in total. The summed E-state index contributed by atoms with van der Waals surface area (Å²) in [6, 6.07) is -0.0292. The summed E-state index contributed by atoms with van der Waals surface area (Å²) in [6.45, 7) is 5.16. The monoisotopic (exact) mass is 344 g/mol. The number of amides is 2. The van der Waals surface area contributed by atoms with Gasteiger partial charge in [0, 0.05) is 19.1 Å². The second kappa shape index (κ2) is 7.33. The third-order valence-corrected chi connectivity index (χ3v) is 5.76. The predicted molar refractivity (Wildman–Crippen MR) is 87.7 cm³/mol. The fourth-order valence-electron chi connectivity index (χ4n) is 2.69. The SMILES string of the molecule is COC(=O)N1CCC[C@H]([C@H](C)NC(=O)c2scc(C)c2Cl)C1. The summed E-state index contributed by atoms with van der Waals surface area (Å²) >= 11 is 7.49. The molecule has 1 fully saturated rings. The number of carbonyl (C=O) groups is 2. The fraction of sp³-hybridized carbons (Fsp3) is 0.600. The van der Waals surface area contributed by atoms with Gasteiger partial charge in [-0.25, -0.2) is 4.79 Å². The highest BCUT2D eigenvalue weighted by atomic mass is 35.5. The van der Waals surface area contributed by atoms with Crippen LogP contribution in [0.2, 0.25) is 5.02 Å². The Hall–Kier alpha value is -1.27. The zero-order chi connectivity index (χ0) is 16.3. The van der Waals surface area contributed by atoms with Crippen LogP contribution >= 0.6 is 22.9 Å². The highest BCUT2D eigenvalue weighted by molar-refractivity contribution is 7.13. The van der Waals surface area contributed by atoms with Gasteiger partial charge in [-0.15, -0.1) is 11.3 Å². The number of hydrogen-bond donors (Lipinski definition) is 1. The molecule has 2 heterocycles. The molecule has 1 aliphatic rings. The number of nitrogens with one attached hydrogen (secondary N) is 1. The first-order chi connectivity index (χ1) is 10.4. The van der Waals surface area contributed by atoms with Gasteiger partial charge in [0.05, 0.1) is 12.1 Å². The minimum absolute atomic E-state index is 0.0292. The molecule has 7 heteroatoms. The molecule has 2 amide bonds. The van der Waals surface area contributed by atoms with Crippen molar-refractivity contribution >= 4 is 34.9 Å². The summed E-state index contributed by atoms with van der Waals surface area (Å²) in [5, 5.41) is 5.41. The lowest BCUT2D eigenvalue weighted by atomic mass is 9.91. The number of methoxy groups -OCH3 is 1. The van der Waals surface area contributed by atoms with Crippen LogP contribution in [0.5, 0.6) is 0 Å². The van der Waals surface area contributed by atoms with E-state index in [1.807, 2.05) is 19.2 Å². The number of aryl methyl sites for hydroxylation is 1. The van der Waals surface area contributed by atoms with Gasteiger partial charge in [-0.2, -0.15) is 0 Å². The quantitative estimate of drug-likeness (QED) is 0.915. The molecule has 5 nitrogen and oxygen atoms in total. The van der Waals surface area contributed by atoms with E-state index in [1.54, 1.807) is 4.90 Å². The second-order valence-electron chi connectivity index (χ2n) is 5.64. The van der Waals surface area contributed by atoms with Gasteiger partial charge >= 0.3 is 6.09 Å². The van der Waals surface area contributed by atoms with Gasteiger partial charge in [0.2, 0.25) is 0 Å². The van der Waals surface area contributed by atoms with Gasteiger partial charge in [-0.3, -0.25) is 4.79 Å². The summed E-state index contributed by atoms with van der Waals surface area (Å²) in [5.41, 5.74) is 0.916.